The second-order valence-electron chi connectivity index (χ2n) is 13.7. The van der Waals surface area contributed by atoms with Crippen LogP contribution in [0.2, 0.25) is 0 Å². The summed E-state index contributed by atoms with van der Waals surface area (Å²) in [7, 11) is 0. The lowest BCUT2D eigenvalue weighted by atomic mass is 9.51. The van der Waals surface area contributed by atoms with Crippen LogP contribution in [-0.2, 0) is 4.79 Å². The molecule has 0 radical (unpaired) electrons. The largest absolute Gasteiger partial charge is 0.388 e. The molecule has 4 saturated carbocycles. The molecule has 0 amide bonds. The van der Waals surface area contributed by atoms with E-state index in [9.17, 15) is 9.90 Å². The van der Waals surface area contributed by atoms with Crippen LogP contribution in [0.5, 0.6) is 0 Å². The third kappa shape index (κ3) is 2.94. The summed E-state index contributed by atoms with van der Waals surface area (Å²) in [5.74, 6) is 6.39. The number of ketones is 1. The second-order valence-corrected chi connectivity index (χ2v) is 13.7. The predicted molar refractivity (Wildman–Crippen MR) is 123 cm³/mol. The van der Waals surface area contributed by atoms with Crippen LogP contribution in [0.4, 0.5) is 0 Å². The van der Waals surface area contributed by atoms with Gasteiger partial charge in [-0.1, -0.05) is 27.2 Å². The Bertz CT molecular complexity index is 747. The minimum Gasteiger partial charge on any atom is -0.388 e. The zero-order chi connectivity index (χ0) is 21.7. The van der Waals surface area contributed by atoms with Crippen molar-refractivity contribution in [3.05, 3.63) is 0 Å². The number of hydrogen-bond donors (Lipinski definition) is 1. The Hall–Kier alpha value is -0.410. The van der Waals surface area contributed by atoms with Crippen LogP contribution >= 0.6 is 0 Å². The molecule has 2 saturated heterocycles. The van der Waals surface area contributed by atoms with Gasteiger partial charge in [0.2, 0.25) is 0 Å². The van der Waals surface area contributed by atoms with E-state index < -0.39 is 5.60 Å². The molecule has 31 heavy (non-hydrogen) atoms. The summed E-state index contributed by atoms with van der Waals surface area (Å²) in [6.07, 6.45) is 10.8. The molecule has 6 aliphatic rings. The zero-order valence-electron chi connectivity index (χ0n) is 20.4. The Labute approximate surface area is 189 Å². The molecule has 0 aromatic carbocycles. The number of piperidine rings is 2. The van der Waals surface area contributed by atoms with Gasteiger partial charge >= 0.3 is 0 Å². The number of carbonyl (C=O) groups excluding carboxylic acids is 1. The lowest BCUT2D eigenvalue weighted by Crippen LogP contribution is -2.67. The molecule has 174 valence electrons. The highest BCUT2D eigenvalue weighted by Crippen LogP contribution is 2.67. The topological polar surface area (TPSA) is 40.5 Å². The van der Waals surface area contributed by atoms with Crippen LogP contribution in [0.3, 0.4) is 0 Å². The van der Waals surface area contributed by atoms with E-state index in [1.165, 1.54) is 58.0 Å². The van der Waals surface area contributed by atoms with Crippen molar-refractivity contribution in [2.75, 3.05) is 13.1 Å². The second kappa shape index (κ2) is 7.05. The minimum atomic E-state index is -0.537. The lowest BCUT2D eigenvalue weighted by molar-refractivity contribution is -0.175. The quantitative estimate of drug-likeness (QED) is 0.580. The van der Waals surface area contributed by atoms with Crippen LogP contribution in [0.1, 0.15) is 85.5 Å². The van der Waals surface area contributed by atoms with Crippen molar-refractivity contribution in [1.82, 2.24) is 4.90 Å². The van der Waals surface area contributed by atoms with E-state index >= 15 is 0 Å². The van der Waals surface area contributed by atoms with E-state index in [0.717, 1.165) is 42.4 Å². The smallest absolute Gasteiger partial charge is 0.136 e. The van der Waals surface area contributed by atoms with Gasteiger partial charge in [-0.25, -0.2) is 0 Å². The summed E-state index contributed by atoms with van der Waals surface area (Å²) in [4.78, 5) is 16.1. The monoisotopic (exact) mass is 427 g/mol. The molecule has 0 aromatic rings. The Morgan fingerprint density at radius 1 is 0.839 bits per heavy atom. The number of fused-ring (bicyclic) bond motifs is 8. The maximum Gasteiger partial charge on any atom is 0.136 e. The summed E-state index contributed by atoms with van der Waals surface area (Å²) in [6, 6.07) is 0.369. The standard InChI is InChI=1S/C28H45NO2/c1-16-9-10-27(3)23-12-19-18(20(23)13-25(30)24(27)11-16)6-7-22-21(19)15-29-14-17(2)5-8-26(29)28(22,4)31/h16-24,26,31H,5-15H2,1-4H3/t16-,17-,18?,19?,20?,21?,22?,23?,24+,26?,27+,28-/m0/s1. The fourth-order valence-electron chi connectivity index (χ4n) is 10.6. The van der Waals surface area contributed by atoms with Crippen molar-refractivity contribution in [2.45, 2.75) is 97.1 Å². The first-order valence-electron chi connectivity index (χ1n) is 13.7. The molecular weight excluding hydrogens is 382 g/mol. The Morgan fingerprint density at radius 3 is 2.45 bits per heavy atom. The molecule has 2 heterocycles. The first kappa shape index (κ1) is 21.1. The molecule has 12 atom stereocenters. The van der Waals surface area contributed by atoms with Gasteiger partial charge in [-0.15, -0.1) is 0 Å². The maximum atomic E-state index is 13.4. The van der Waals surface area contributed by atoms with Gasteiger partial charge in [0.05, 0.1) is 5.60 Å². The average Bonchev–Trinajstić information content (AvgIpc) is 3.09. The van der Waals surface area contributed by atoms with Gasteiger partial charge in [-0.3, -0.25) is 9.69 Å². The molecule has 6 fully saturated rings. The van der Waals surface area contributed by atoms with Crippen LogP contribution < -0.4 is 0 Å². The highest BCUT2D eigenvalue weighted by atomic mass is 16.3. The number of rotatable bonds is 0. The number of nitrogens with zero attached hydrogens (tertiary/aromatic N) is 1. The molecule has 3 heteroatoms. The predicted octanol–water partition coefficient (Wildman–Crippen LogP) is 5.16. The van der Waals surface area contributed by atoms with E-state index in [4.69, 9.17) is 0 Å². The van der Waals surface area contributed by atoms with Crippen LogP contribution in [0.25, 0.3) is 0 Å². The van der Waals surface area contributed by atoms with E-state index in [0.29, 0.717) is 35.5 Å². The highest BCUT2D eigenvalue weighted by Gasteiger charge is 2.64. The van der Waals surface area contributed by atoms with E-state index in [1.54, 1.807) is 0 Å². The SMILES string of the molecule is C[C@H]1CC[C@]2(C)C3CC4C(CCC5C4CN4C[C@@H](C)CCC4[C@@]5(C)O)C3CC(=O)[C@H]2C1. The fraction of sp³-hybridized carbons (Fsp3) is 0.964. The van der Waals surface area contributed by atoms with Crippen LogP contribution in [0, 0.1) is 58.7 Å². The molecule has 3 nitrogen and oxygen atoms in total. The molecule has 6 rings (SSSR count). The molecule has 1 N–H and O–H groups in total. The van der Waals surface area contributed by atoms with E-state index in [2.05, 4.69) is 32.6 Å². The van der Waals surface area contributed by atoms with Gasteiger partial charge in [0.15, 0.2) is 0 Å². The van der Waals surface area contributed by atoms with Crippen molar-refractivity contribution in [3.8, 4) is 0 Å². The first-order valence-corrected chi connectivity index (χ1v) is 13.7. The van der Waals surface area contributed by atoms with Crippen molar-refractivity contribution >= 4 is 5.78 Å². The van der Waals surface area contributed by atoms with Gasteiger partial charge in [0, 0.05) is 31.5 Å². The lowest BCUT2D eigenvalue weighted by Gasteiger charge is -2.59. The molecule has 0 aromatic heterocycles. The molecule has 0 bridgehead atoms. The van der Waals surface area contributed by atoms with Crippen LogP contribution in [0.15, 0.2) is 0 Å². The van der Waals surface area contributed by atoms with Crippen molar-refractivity contribution in [3.63, 3.8) is 0 Å². The number of carbonyl (C=O) groups is 1. The third-order valence-corrected chi connectivity index (χ3v) is 12.1. The van der Waals surface area contributed by atoms with E-state index in [1.807, 2.05) is 0 Å². The van der Waals surface area contributed by atoms with Gasteiger partial charge in [0.25, 0.3) is 0 Å². The summed E-state index contributed by atoms with van der Waals surface area (Å²) in [5, 5.41) is 11.8. The van der Waals surface area contributed by atoms with Crippen molar-refractivity contribution < 1.29 is 9.90 Å². The van der Waals surface area contributed by atoms with Crippen LogP contribution in [-0.4, -0.2) is 40.5 Å². The molecular formula is C28H45NO2. The normalized spacial score (nSPS) is 59.2. The van der Waals surface area contributed by atoms with Gasteiger partial charge in [-0.05, 0) is 105 Å². The highest BCUT2D eigenvalue weighted by molar-refractivity contribution is 5.83. The summed E-state index contributed by atoms with van der Waals surface area (Å²) < 4.78 is 0. The minimum absolute atomic E-state index is 0.249. The Balaban J connectivity index is 1.31. The first-order chi connectivity index (χ1) is 14.7. The zero-order valence-corrected chi connectivity index (χ0v) is 20.4. The average molecular weight is 428 g/mol. The van der Waals surface area contributed by atoms with Crippen molar-refractivity contribution in [2.24, 2.45) is 58.7 Å². The molecule has 0 spiro atoms. The fourth-order valence-corrected chi connectivity index (χ4v) is 10.6. The van der Waals surface area contributed by atoms with Gasteiger partial charge in [-0.2, -0.15) is 0 Å². The van der Waals surface area contributed by atoms with Crippen molar-refractivity contribution in [1.29, 1.82) is 0 Å². The number of aliphatic hydroxyl groups is 1. The summed E-state index contributed by atoms with van der Waals surface area (Å²) >= 11 is 0. The number of hydrogen-bond acceptors (Lipinski definition) is 3. The molecule has 7 unspecified atom stereocenters. The summed E-state index contributed by atoms with van der Waals surface area (Å²) in [6.45, 7) is 11.8. The Kier molecular flexibility index (Phi) is 4.81. The van der Waals surface area contributed by atoms with Gasteiger partial charge in [0.1, 0.15) is 5.78 Å². The third-order valence-electron chi connectivity index (χ3n) is 12.1. The van der Waals surface area contributed by atoms with Gasteiger partial charge < -0.3 is 5.11 Å². The summed E-state index contributed by atoms with van der Waals surface area (Å²) in [5.41, 5.74) is -0.289. The Morgan fingerprint density at radius 2 is 1.65 bits per heavy atom. The molecule has 4 aliphatic carbocycles. The van der Waals surface area contributed by atoms with E-state index in [-0.39, 0.29) is 5.41 Å². The number of Topliss-reactive ketones (excluding diaryl/α,β-unsaturated/α-hetero) is 1. The molecule has 2 aliphatic heterocycles. The maximum absolute atomic E-state index is 13.4.